The zero-order chi connectivity index (χ0) is 15.1. The lowest BCUT2D eigenvalue weighted by Gasteiger charge is -2.31. The molecule has 118 valence electrons. The number of piperazine rings is 1. The van der Waals surface area contributed by atoms with Gasteiger partial charge in [-0.25, -0.2) is 8.42 Å². The lowest BCUT2D eigenvalue weighted by atomic mass is 10.1. The van der Waals surface area contributed by atoms with Crippen molar-refractivity contribution in [1.82, 2.24) is 4.31 Å². The first-order chi connectivity index (χ1) is 10.1. The molecule has 0 amide bonds. The highest BCUT2D eigenvalue weighted by molar-refractivity contribution is 7.89. The van der Waals surface area contributed by atoms with E-state index in [0.29, 0.717) is 18.8 Å². The van der Waals surface area contributed by atoms with Crippen LogP contribution in [-0.2, 0) is 16.4 Å². The molecule has 1 aliphatic heterocycles. The SMILES string of the molecule is CCCCS(=O)(=O)N1CC[NH+](CCc2ccccc2)CC1. The number of benzene rings is 1. The van der Waals surface area contributed by atoms with Crippen molar-refractivity contribution < 1.29 is 13.3 Å². The first-order valence-corrected chi connectivity index (χ1v) is 9.58. The number of rotatable bonds is 7. The van der Waals surface area contributed by atoms with Gasteiger partial charge in [0.2, 0.25) is 10.0 Å². The summed E-state index contributed by atoms with van der Waals surface area (Å²) in [6, 6.07) is 10.5. The Morgan fingerprint density at radius 2 is 1.81 bits per heavy atom. The molecule has 1 aromatic carbocycles. The highest BCUT2D eigenvalue weighted by Crippen LogP contribution is 2.05. The van der Waals surface area contributed by atoms with Crippen LogP contribution in [0.1, 0.15) is 25.3 Å². The molecule has 0 saturated carbocycles. The fourth-order valence-electron chi connectivity index (χ4n) is 2.75. The smallest absolute Gasteiger partial charge is 0.214 e. The average molecular weight is 311 g/mol. The van der Waals surface area contributed by atoms with Gasteiger partial charge in [0.05, 0.1) is 38.5 Å². The molecule has 0 aromatic heterocycles. The minimum atomic E-state index is -3.02. The predicted octanol–water partition coefficient (Wildman–Crippen LogP) is 0.560. The maximum atomic E-state index is 12.1. The Kier molecular flexibility index (Phi) is 6.21. The summed E-state index contributed by atoms with van der Waals surface area (Å²) in [5, 5.41) is 0. The number of hydrogen-bond donors (Lipinski definition) is 1. The molecule has 1 N–H and O–H groups in total. The highest BCUT2D eigenvalue weighted by Gasteiger charge is 2.28. The Balaban J connectivity index is 1.75. The summed E-state index contributed by atoms with van der Waals surface area (Å²) in [7, 11) is -3.02. The molecule has 0 bridgehead atoms. The van der Waals surface area contributed by atoms with Gasteiger partial charge in [-0.3, -0.25) is 0 Å². The van der Waals surface area contributed by atoms with Gasteiger partial charge in [0.15, 0.2) is 0 Å². The number of unbranched alkanes of at least 4 members (excludes halogenated alkanes) is 1. The Morgan fingerprint density at radius 3 is 2.43 bits per heavy atom. The van der Waals surface area contributed by atoms with Crippen LogP contribution in [0, 0.1) is 0 Å². The molecule has 1 heterocycles. The molecule has 0 aliphatic carbocycles. The van der Waals surface area contributed by atoms with E-state index in [2.05, 4.69) is 24.3 Å². The van der Waals surface area contributed by atoms with Gasteiger partial charge in [-0.15, -0.1) is 0 Å². The second kappa shape index (κ2) is 7.92. The van der Waals surface area contributed by atoms with Crippen molar-refractivity contribution in [1.29, 1.82) is 0 Å². The van der Waals surface area contributed by atoms with Crippen LogP contribution in [0.5, 0.6) is 0 Å². The van der Waals surface area contributed by atoms with Crippen LogP contribution in [-0.4, -0.2) is 51.2 Å². The molecule has 1 fully saturated rings. The molecule has 5 heteroatoms. The van der Waals surface area contributed by atoms with Crippen LogP contribution in [0.2, 0.25) is 0 Å². The molecule has 21 heavy (non-hydrogen) atoms. The molecule has 0 atom stereocenters. The van der Waals surface area contributed by atoms with Gasteiger partial charge >= 0.3 is 0 Å². The number of quaternary nitrogens is 1. The monoisotopic (exact) mass is 311 g/mol. The van der Waals surface area contributed by atoms with Gasteiger partial charge in [-0.05, 0) is 12.0 Å². The summed E-state index contributed by atoms with van der Waals surface area (Å²) in [6.45, 7) is 6.33. The second-order valence-electron chi connectivity index (χ2n) is 5.80. The molecule has 0 radical (unpaired) electrons. The third-order valence-corrected chi connectivity index (χ3v) is 6.15. The van der Waals surface area contributed by atoms with Crippen molar-refractivity contribution in [3.63, 3.8) is 0 Å². The summed E-state index contributed by atoms with van der Waals surface area (Å²) in [6.07, 6.45) is 2.77. The molecule has 1 aromatic rings. The van der Waals surface area contributed by atoms with Crippen LogP contribution in [0.25, 0.3) is 0 Å². The quantitative estimate of drug-likeness (QED) is 0.799. The van der Waals surface area contributed by atoms with Crippen molar-refractivity contribution in [2.75, 3.05) is 38.5 Å². The van der Waals surface area contributed by atoms with Crippen molar-refractivity contribution in [2.24, 2.45) is 0 Å². The van der Waals surface area contributed by atoms with Crippen molar-refractivity contribution in [2.45, 2.75) is 26.2 Å². The normalized spacial score (nSPS) is 18.0. The molecule has 2 rings (SSSR count). The third-order valence-electron chi connectivity index (χ3n) is 4.19. The van der Waals surface area contributed by atoms with Gasteiger partial charge in [0, 0.05) is 6.42 Å². The molecular weight excluding hydrogens is 284 g/mol. The van der Waals surface area contributed by atoms with Crippen molar-refractivity contribution in [3.8, 4) is 0 Å². The molecule has 4 nitrogen and oxygen atoms in total. The summed E-state index contributed by atoms with van der Waals surface area (Å²) in [4.78, 5) is 1.51. The topological polar surface area (TPSA) is 41.8 Å². The maximum Gasteiger partial charge on any atom is 0.214 e. The summed E-state index contributed by atoms with van der Waals surface area (Å²) < 4.78 is 26.0. The van der Waals surface area contributed by atoms with Gasteiger partial charge < -0.3 is 4.90 Å². The maximum absolute atomic E-state index is 12.1. The predicted molar refractivity (Wildman–Crippen MR) is 86.0 cm³/mol. The number of nitrogens with zero attached hydrogens (tertiary/aromatic N) is 1. The third kappa shape index (κ3) is 5.09. The van der Waals surface area contributed by atoms with Crippen LogP contribution in [0.15, 0.2) is 30.3 Å². The Labute approximate surface area is 128 Å². The number of hydrogen-bond acceptors (Lipinski definition) is 2. The van der Waals surface area contributed by atoms with Gasteiger partial charge in [0.1, 0.15) is 0 Å². The van der Waals surface area contributed by atoms with Gasteiger partial charge in [0.25, 0.3) is 0 Å². The average Bonchev–Trinajstić information content (AvgIpc) is 2.52. The van der Waals surface area contributed by atoms with Crippen LogP contribution in [0.3, 0.4) is 0 Å². The van der Waals surface area contributed by atoms with E-state index >= 15 is 0 Å². The molecule has 1 aliphatic rings. The first kappa shape index (κ1) is 16.5. The van der Waals surface area contributed by atoms with E-state index in [0.717, 1.165) is 38.9 Å². The van der Waals surface area contributed by atoms with Crippen LogP contribution in [0.4, 0.5) is 0 Å². The highest BCUT2D eigenvalue weighted by atomic mass is 32.2. The van der Waals surface area contributed by atoms with E-state index in [9.17, 15) is 8.42 Å². The van der Waals surface area contributed by atoms with Crippen LogP contribution >= 0.6 is 0 Å². The van der Waals surface area contributed by atoms with E-state index in [1.807, 2.05) is 13.0 Å². The fraction of sp³-hybridized carbons (Fsp3) is 0.625. The minimum Gasteiger partial charge on any atom is -0.332 e. The standard InChI is InChI=1S/C16H26N2O2S/c1-2-3-15-21(19,20)18-13-11-17(12-14-18)10-9-16-7-5-4-6-8-16/h4-8H,2-3,9-15H2,1H3/p+1. The van der Waals surface area contributed by atoms with Crippen LogP contribution < -0.4 is 4.90 Å². The largest absolute Gasteiger partial charge is 0.332 e. The van der Waals surface area contributed by atoms with Gasteiger partial charge in [-0.1, -0.05) is 43.7 Å². The Hall–Kier alpha value is -0.910. The Morgan fingerprint density at radius 1 is 1.14 bits per heavy atom. The molecule has 1 saturated heterocycles. The van der Waals surface area contributed by atoms with E-state index in [1.165, 1.54) is 10.5 Å². The van der Waals surface area contributed by atoms with Crippen molar-refractivity contribution >= 4 is 10.0 Å². The summed E-state index contributed by atoms with van der Waals surface area (Å²) in [5.74, 6) is 0.308. The van der Waals surface area contributed by atoms with Crippen molar-refractivity contribution in [3.05, 3.63) is 35.9 Å². The molecule has 0 unspecified atom stereocenters. The number of nitrogens with one attached hydrogen (secondary N) is 1. The van der Waals surface area contributed by atoms with E-state index in [1.54, 1.807) is 4.31 Å². The van der Waals surface area contributed by atoms with E-state index in [4.69, 9.17) is 0 Å². The first-order valence-electron chi connectivity index (χ1n) is 7.97. The summed E-state index contributed by atoms with van der Waals surface area (Å²) >= 11 is 0. The Bertz CT molecular complexity index is 508. The fourth-order valence-corrected chi connectivity index (χ4v) is 4.40. The second-order valence-corrected chi connectivity index (χ2v) is 7.89. The zero-order valence-electron chi connectivity index (χ0n) is 12.9. The van der Waals surface area contributed by atoms with E-state index in [-0.39, 0.29) is 0 Å². The van der Waals surface area contributed by atoms with E-state index < -0.39 is 10.0 Å². The summed E-state index contributed by atoms with van der Waals surface area (Å²) in [5.41, 5.74) is 1.36. The lowest BCUT2D eigenvalue weighted by molar-refractivity contribution is -0.903. The van der Waals surface area contributed by atoms with Gasteiger partial charge in [-0.2, -0.15) is 4.31 Å². The minimum absolute atomic E-state index is 0.308. The lowest BCUT2D eigenvalue weighted by Crippen LogP contribution is -3.15. The molecule has 0 spiro atoms. The number of sulfonamides is 1. The molecular formula is C16H27N2O2S+. The zero-order valence-corrected chi connectivity index (χ0v) is 13.7.